The molecule has 0 bridgehead atoms. The maximum Gasteiger partial charge on any atom is 0.328 e. The molecule has 2 aromatic rings. The fourth-order valence-electron chi connectivity index (χ4n) is 3.79. The van der Waals surface area contributed by atoms with E-state index in [1.54, 1.807) is 4.90 Å². The number of benzene rings is 2. The van der Waals surface area contributed by atoms with Crippen LogP contribution in [0.25, 0.3) is 0 Å². The van der Waals surface area contributed by atoms with E-state index in [2.05, 4.69) is 24.0 Å². The molecule has 1 unspecified atom stereocenters. The maximum atomic E-state index is 13.2. The average molecular weight is 380 g/mol. The first kappa shape index (κ1) is 20.1. The number of ether oxygens (including phenoxy) is 1. The summed E-state index contributed by atoms with van der Waals surface area (Å²) in [6.45, 7) is 4.39. The molecule has 1 atom stereocenters. The van der Waals surface area contributed by atoms with Crippen LogP contribution in [0.2, 0.25) is 0 Å². The third-order valence-corrected chi connectivity index (χ3v) is 5.19. The minimum Gasteiger partial charge on any atom is -0.467 e. The number of esters is 1. The van der Waals surface area contributed by atoms with Crippen molar-refractivity contribution in [3.05, 3.63) is 71.3 Å². The minimum atomic E-state index is -0.562. The lowest BCUT2D eigenvalue weighted by Crippen LogP contribution is -2.52. The summed E-state index contributed by atoms with van der Waals surface area (Å²) in [5.74, 6) is -0.387. The van der Waals surface area contributed by atoms with E-state index in [4.69, 9.17) is 4.74 Å². The molecule has 3 rings (SSSR count). The Morgan fingerprint density at radius 3 is 2.43 bits per heavy atom. The molecular weight excluding hydrogens is 352 g/mol. The molecule has 5 heteroatoms. The summed E-state index contributed by atoms with van der Waals surface area (Å²) in [5.41, 5.74) is 3.38. The van der Waals surface area contributed by atoms with Crippen LogP contribution in [0.5, 0.6) is 0 Å². The molecule has 0 fully saturated rings. The molecule has 1 amide bonds. The molecule has 148 valence electrons. The second-order valence-corrected chi connectivity index (χ2v) is 7.23. The van der Waals surface area contributed by atoms with E-state index in [9.17, 15) is 9.59 Å². The number of fused-ring (bicyclic) bond motifs is 1. The summed E-state index contributed by atoms with van der Waals surface area (Å²) in [4.78, 5) is 29.4. The van der Waals surface area contributed by atoms with E-state index >= 15 is 0 Å². The van der Waals surface area contributed by atoms with Crippen molar-refractivity contribution < 1.29 is 14.3 Å². The largest absolute Gasteiger partial charge is 0.467 e. The highest BCUT2D eigenvalue weighted by Crippen LogP contribution is 2.24. The van der Waals surface area contributed by atoms with Crippen molar-refractivity contribution in [2.24, 2.45) is 0 Å². The first-order valence-corrected chi connectivity index (χ1v) is 9.82. The van der Waals surface area contributed by atoms with Crippen LogP contribution in [0, 0.1) is 0 Å². The van der Waals surface area contributed by atoms with Gasteiger partial charge in [-0.25, -0.2) is 4.79 Å². The summed E-state index contributed by atoms with van der Waals surface area (Å²) in [5, 5.41) is 0. The first-order valence-electron chi connectivity index (χ1n) is 9.82. The first-order chi connectivity index (χ1) is 13.6. The van der Waals surface area contributed by atoms with Crippen molar-refractivity contribution in [2.75, 3.05) is 20.2 Å². The van der Waals surface area contributed by atoms with Gasteiger partial charge in [-0.3, -0.25) is 9.69 Å². The predicted octanol–water partition coefficient (Wildman–Crippen LogP) is 3.03. The topological polar surface area (TPSA) is 49.9 Å². The molecule has 0 radical (unpaired) electrons. The molecule has 0 aliphatic carbocycles. The SMILES string of the molecule is CCCN(CC(=O)N1Cc2ccccc2CC1C(=O)OC)Cc1ccccc1. The van der Waals surface area contributed by atoms with Crippen LogP contribution in [0.15, 0.2) is 54.6 Å². The number of hydrogen-bond donors (Lipinski definition) is 0. The highest BCUT2D eigenvalue weighted by atomic mass is 16.5. The van der Waals surface area contributed by atoms with Crippen LogP contribution in [0.3, 0.4) is 0 Å². The third kappa shape index (κ3) is 4.78. The molecule has 1 aliphatic heterocycles. The zero-order chi connectivity index (χ0) is 19.9. The van der Waals surface area contributed by atoms with Gasteiger partial charge in [0.15, 0.2) is 0 Å². The Kier molecular flexibility index (Phi) is 6.82. The van der Waals surface area contributed by atoms with Crippen LogP contribution in [-0.4, -0.2) is 47.9 Å². The van der Waals surface area contributed by atoms with Gasteiger partial charge in [0.05, 0.1) is 13.7 Å². The van der Waals surface area contributed by atoms with E-state index in [-0.39, 0.29) is 11.9 Å². The Labute approximate surface area is 166 Å². The number of carbonyl (C=O) groups excluding carboxylic acids is 2. The Morgan fingerprint density at radius 1 is 1.07 bits per heavy atom. The number of nitrogens with zero attached hydrogens (tertiary/aromatic N) is 2. The molecule has 28 heavy (non-hydrogen) atoms. The van der Waals surface area contributed by atoms with Crippen molar-refractivity contribution in [2.45, 2.75) is 38.9 Å². The van der Waals surface area contributed by atoms with Crippen LogP contribution in [-0.2, 0) is 33.8 Å². The van der Waals surface area contributed by atoms with Crippen molar-refractivity contribution in [3.8, 4) is 0 Å². The van der Waals surface area contributed by atoms with Crippen LogP contribution in [0.1, 0.15) is 30.0 Å². The summed E-state index contributed by atoms with van der Waals surface area (Å²) < 4.78 is 4.99. The highest BCUT2D eigenvalue weighted by Gasteiger charge is 2.35. The Bertz CT molecular complexity index is 807. The normalized spacial score (nSPS) is 16.0. The molecule has 5 nitrogen and oxygen atoms in total. The van der Waals surface area contributed by atoms with Gasteiger partial charge in [-0.15, -0.1) is 0 Å². The molecule has 0 aromatic heterocycles. The van der Waals surface area contributed by atoms with E-state index in [0.29, 0.717) is 26.1 Å². The molecule has 0 saturated heterocycles. The fourth-order valence-corrected chi connectivity index (χ4v) is 3.79. The average Bonchev–Trinajstić information content (AvgIpc) is 2.73. The van der Waals surface area contributed by atoms with Gasteiger partial charge in [-0.05, 0) is 29.7 Å². The van der Waals surface area contributed by atoms with Gasteiger partial charge >= 0.3 is 5.97 Å². The third-order valence-electron chi connectivity index (χ3n) is 5.19. The summed E-state index contributed by atoms with van der Waals surface area (Å²) >= 11 is 0. The Hall–Kier alpha value is -2.66. The number of hydrogen-bond acceptors (Lipinski definition) is 4. The monoisotopic (exact) mass is 380 g/mol. The summed E-state index contributed by atoms with van der Waals surface area (Å²) in [6, 6.07) is 17.6. The zero-order valence-corrected chi connectivity index (χ0v) is 16.6. The second-order valence-electron chi connectivity index (χ2n) is 7.23. The van der Waals surface area contributed by atoms with Crippen LogP contribution < -0.4 is 0 Å². The second kappa shape index (κ2) is 9.51. The quantitative estimate of drug-likeness (QED) is 0.693. The lowest BCUT2D eigenvalue weighted by Gasteiger charge is -2.36. The van der Waals surface area contributed by atoms with Gasteiger partial charge in [-0.1, -0.05) is 61.5 Å². The van der Waals surface area contributed by atoms with Crippen molar-refractivity contribution in [3.63, 3.8) is 0 Å². The minimum absolute atomic E-state index is 0.0331. The number of carbonyl (C=O) groups is 2. The van der Waals surface area contributed by atoms with Crippen molar-refractivity contribution >= 4 is 11.9 Å². The zero-order valence-electron chi connectivity index (χ0n) is 16.6. The molecule has 0 spiro atoms. The van der Waals surface area contributed by atoms with Gasteiger partial charge in [-0.2, -0.15) is 0 Å². The van der Waals surface area contributed by atoms with Crippen LogP contribution >= 0.6 is 0 Å². The lowest BCUT2D eigenvalue weighted by atomic mass is 9.94. The van der Waals surface area contributed by atoms with Gasteiger partial charge in [0.2, 0.25) is 5.91 Å². The van der Waals surface area contributed by atoms with E-state index < -0.39 is 6.04 Å². The summed E-state index contributed by atoms with van der Waals surface area (Å²) in [7, 11) is 1.38. The Balaban J connectivity index is 1.76. The molecule has 0 N–H and O–H groups in total. The number of rotatable bonds is 7. The van der Waals surface area contributed by atoms with Crippen molar-refractivity contribution in [1.82, 2.24) is 9.80 Å². The molecule has 1 aliphatic rings. The smallest absolute Gasteiger partial charge is 0.328 e. The number of methoxy groups -OCH3 is 1. The number of amides is 1. The van der Waals surface area contributed by atoms with E-state index in [1.807, 2.05) is 42.5 Å². The highest BCUT2D eigenvalue weighted by molar-refractivity contribution is 5.86. The van der Waals surface area contributed by atoms with Crippen LogP contribution in [0.4, 0.5) is 0 Å². The van der Waals surface area contributed by atoms with E-state index in [0.717, 1.165) is 24.1 Å². The molecule has 2 aromatic carbocycles. The molecular formula is C23H28N2O3. The van der Waals surface area contributed by atoms with Crippen molar-refractivity contribution in [1.29, 1.82) is 0 Å². The molecule has 0 saturated carbocycles. The lowest BCUT2D eigenvalue weighted by molar-refractivity contribution is -0.154. The maximum absolute atomic E-state index is 13.2. The predicted molar refractivity (Wildman–Crippen MR) is 109 cm³/mol. The van der Waals surface area contributed by atoms with Gasteiger partial charge < -0.3 is 9.64 Å². The summed E-state index contributed by atoms with van der Waals surface area (Å²) in [6.07, 6.45) is 1.46. The standard InChI is InChI=1S/C23H28N2O3/c1-3-13-24(15-18-9-5-4-6-10-18)17-22(26)25-16-20-12-8-7-11-19(20)14-21(25)23(27)28-2/h4-12,21H,3,13-17H2,1-2H3. The van der Waals surface area contributed by atoms with E-state index in [1.165, 1.54) is 12.7 Å². The molecule has 1 heterocycles. The van der Waals surface area contributed by atoms with Gasteiger partial charge in [0.1, 0.15) is 6.04 Å². The Morgan fingerprint density at radius 2 is 1.75 bits per heavy atom. The fraction of sp³-hybridized carbons (Fsp3) is 0.391. The van der Waals surface area contributed by atoms with Gasteiger partial charge in [0, 0.05) is 19.5 Å². The van der Waals surface area contributed by atoms with Gasteiger partial charge in [0.25, 0.3) is 0 Å².